The molecule has 3 N–H and O–H groups in total. The number of ketones is 1. The van der Waals surface area contributed by atoms with Gasteiger partial charge >= 0.3 is 5.97 Å². The minimum atomic E-state index is -1.53. The maximum Gasteiger partial charge on any atom is 0.342 e. The molecule has 1 aliphatic heterocycles. The first-order valence-electron chi connectivity index (χ1n) is 8.09. The van der Waals surface area contributed by atoms with Crippen molar-refractivity contribution in [3.63, 3.8) is 0 Å². The number of hydrogen-bond acceptors (Lipinski definition) is 6. The van der Waals surface area contributed by atoms with Crippen molar-refractivity contribution >= 4 is 17.8 Å². The number of hydrogen-bond donors (Lipinski definition) is 3. The Morgan fingerprint density at radius 3 is 2.56 bits per heavy atom. The highest BCUT2D eigenvalue weighted by Crippen LogP contribution is 2.25. The van der Waals surface area contributed by atoms with Crippen molar-refractivity contribution in [1.29, 1.82) is 0 Å². The van der Waals surface area contributed by atoms with Crippen molar-refractivity contribution in [3.05, 3.63) is 47.6 Å². The van der Waals surface area contributed by atoms with Crippen molar-refractivity contribution in [3.8, 4) is 5.75 Å². The van der Waals surface area contributed by atoms with E-state index in [-0.39, 0.29) is 23.7 Å². The molecule has 1 aliphatic rings. The molecule has 0 spiro atoms. The van der Waals surface area contributed by atoms with Crippen LogP contribution in [0.3, 0.4) is 0 Å². The number of rotatable bonds is 0. The summed E-state index contributed by atoms with van der Waals surface area (Å²) < 4.78 is 5.39. The van der Waals surface area contributed by atoms with Gasteiger partial charge in [0.15, 0.2) is 5.78 Å². The van der Waals surface area contributed by atoms with E-state index in [1.807, 2.05) is 0 Å². The first-order chi connectivity index (χ1) is 11.8. The summed E-state index contributed by atoms with van der Waals surface area (Å²) in [6, 6.07) is 4.60. The summed E-state index contributed by atoms with van der Waals surface area (Å²) in [5.41, 5.74) is 0.454. The number of esters is 1. The van der Waals surface area contributed by atoms with Gasteiger partial charge in [-0.3, -0.25) is 4.79 Å². The number of aliphatic hydroxyl groups is 2. The van der Waals surface area contributed by atoms with E-state index in [9.17, 15) is 24.9 Å². The topological polar surface area (TPSA) is 104 Å². The average Bonchev–Trinajstić information content (AvgIpc) is 2.57. The lowest BCUT2D eigenvalue weighted by molar-refractivity contribution is -0.127. The number of benzene rings is 1. The van der Waals surface area contributed by atoms with E-state index < -0.39 is 30.1 Å². The fraction of sp³-hybridized carbons (Fsp3) is 0.368. The number of ether oxygens (including phenoxy) is 1. The fourth-order valence-corrected chi connectivity index (χ4v) is 2.41. The molecule has 0 bridgehead atoms. The summed E-state index contributed by atoms with van der Waals surface area (Å²) >= 11 is 0. The molecule has 0 radical (unpaired) electrons. The van der Waals surface area contributed by atoms with Crippen LogP contribution in [-0.2, 0) is 9.53 Å². The van der Waals surface area contributed by atoms with Gasteiger partial charge in [0.05, 0.1) is 6.10 Å². The van der Waals surface area contributed by atoms with Gasteiger partial charge in [0.25, 0.3) is 0 Å². The standard InChI is InChI=1S/C19H22O6/c1-11-9-10-16(22)18(23)15(21)8-4-6-13-5-3-7-14(20)17(13)19(24)25-12(11)2/h3-7,9-12,15,18,20-21,23H,8H2,1-2H3/b6-4+,10-9-/t11-,12+,15+,18+/m1/s1. The fourth-order valence-electron chi connectivity index (χ4n) is 2.41. The minimum absolute atomic E-state index is 0.0108. The van der Waals surface area contributed by atoms with Gasteiger partial charge in [-0.05, 0) is 31.1 Å². The molecule has 25 heavy (non-hydrogen) atoms. The van der Waals surface area contributed by atoms with Gasteiger partial charge in [-0.1, -0.05) is 37.3 Å². The first-order valence-corrected chi connectivity index (χ1v) is 8.09. The van der Waals surface area contributed by atoms with Crippen LogP contribution in [0.5, 0.6) is 5.75 Å². The van der Waals surface area contributed by atoms with Crippen LogP contribution < -0.4 is 0 Å². The summed E-state index contributed by atoms with van der Waals surface area (Å²) in [4.78, 5) is 24.3. The lowest BCUT2D eigenvalue weighted by atomic mass is 10.00. The molecular formula is C19H22O6. The van der Waals surface area contributed by atoms with E-state index in [0.29, 0.717) is 5.56 Å². The largest absolute Gasteiger partial charge is 0.507 e. The zero-order chi connectivity index (χ0) is 18.6. The zero-order valence-corrected chi connectivity index (χ0v) is 14.1. The summed E-state index contributed by atoms with van der Waals surface area (Å²) in [6.07, 6.45) is 2.41. The van der Waals surface area contributed by atoms with E-state index in [4.69, 9.17) is 4.74 Å². The van der Waals surface area contributed by atoms with Crippen molar-refractivity contribution in [2.75, 3.05) is 0 Å². The van der Waals surface area contributed by atoms with E-state index in [1.165, 1.54) is 30.4 Å². The van der Waals surface area contributed by atoms with Gasteiger partial charge in [0, 0.05) is 5.92 Å². The van der Waals surface area contributed by atoms with Crippen molar-refractivity contribution in [1.82, 2.24) is 0 Å². The van der Waals surface area contributed by atoms with Crippen LogP contribution in [0.2, 0.25) is 0 Å². The molecule has 1 aromatic carbocycles. The third-order valence-electron chi connectivity index (χ3n) is 4.21. The second-order valence-electron chi connectivity index (χ2n) is 6.12. The third-order valence-corrected chi connectivity index (χ3v) is 4.21. The molecule has 0 amide bonds. The van der Waals surface area contributed by atoms with Crippen LogP contribution >= 0.6 is 0 Å². The normalized spacial score (nSPS) is 30.7. The van der Waals surface area contributed by atoms with Crippen LogP contribution in [0.15, 0.2) is 36.4 Å². The SMILES string of the molecule is C[C@@H]1/C=C\C(=O)[C@@H](O)[C@@H](O)C/C=C/c2cccc(O)c2C(=O)O[C@H]1C. The number of aliphatic hydroxyl groups excluding tert-OH is 2. The van der Waals surface area contributed by atoms with Gasteiger partial charge in [-0.25, -0.2) is 4.79 Å². The van der Waals surface area contributed by atoms with Crippen LogP contribution in [0.4, 0.5) is 0 Å². The number of cyclic esters (lactones) is 1. The van der Waals surface area contributed by atoms with Crippen molar-refractivity contribution in [2.24, 2.45) is 5.92 Å². The van der Waals surface area contributed by atoms with Gasteiger partial charge < -0.3 is 20.1 Å². The number of fused-ring (bicyclic) bond motifs is 1. The Hall–Kier alpha value is -2.44. The first kappa shape index (κ1) is 18.9. The maximum absolute atomic E-state index is 12.4. The number of carbonyl (C=O) groups excluding carboxylic acids is 2. The smallest absolute Gasteiger partial charge is 0.342 e. The molecule has 0 saturated carbocycles. The predicted octanol–water partition coefficient (Wildman–Crippen LogP) is 1.84. The number of carbonyl (C=O) groups is 2. The molecule has 134 valence electrons. The Labute approximate surface area is 146 Å². The van der Waals surface area contributed by atoms with Gasteiger partial charge in [0.1, 0.15) is 23.5 Å². The van der Waals surface area contributed by atoms with E-state index in [1.54, 1.807) is 26.0 Å². The van der Waals surface area contributed by atoms with E-state index >= 15 is 0 Å². The molecule has 0 unspecified atom stereocenters. The molecule has 6 heteroatoms. The lowest BCUT2D eigenvalue weighted by Crippen LogP contribution is -2.32. The second kappa shape index (κ2) is 8.09. The Balaban J connectivity index is 2.43. The molecule has 0 aliphatic carbocycles. The lowest BCUT2D eigenvalue weighted by Gasteiger charge is -2.19. The van der Waals surface area contributed by atoms with Crippen LogP contribution in [-0.4, -0.2) is 45.4 Å². The molecule has 4 atom stereocenters. The highest BCUT2D eigenvalue weighted by molar-refractivity contribution is 5.97. The Morgan fingerprint density at radius 2 is 1.84 bits per heavy atom. The van der Waals surface area contributed by atoms with Crippen molar-refractivity contribution < 1.29 is 29.6 Å². The Bertz CT molecular complexity index is 706. The summed E-state index contributed by atoms with van der Waals surface area (Å²) in [7, 11) is 0. The number of aromatic hydroxyl groups is 1. The monoisotopic (exact) mass is 346 g/mol. The molecule has 0 saturated heterocycles. The highest BCUT2D eigenvalue weighted by Gasteiger charge is 2.24. The Morgan fingerprint density at radius 1 is 1.12 bits per heavy atom. The predicted molar refractivity (Wildman–Crippen MR) is 92.0 cm³/mol. The van der Waals surface area contributed by atoms with Crippen LogP contribution in [0, 0.1) is 5.92 Å². The summed E-state index contributed by atoms with van der Waals surface area (Å²) in [6.45, 7) is 3.42. The van der Waals surface area contributed by atoms with Gasteiger partial charge in [-0.2, -0.15) is 0 Å². The zero-order valence-electron chi connectivity index (χ0n) is 14.1. The molecule has 0 aromatic heterocycles. The third kappa shape index (κ3) is 4.55. The molecule has 1 heterocycles. The molecule has 0 fully saturated rings. The van der Waals surface area contributed by atoms with Crippen LogP contribution in [0.25, 0.3) is 6.08 Å². The average molecular weight is 346 g/mol. The molecular weight excluding hydrogens is 324 g/mol. The number of phenols is 1. The summed E-state index contributed by atoms with van der Waals surface area (Å²) in [5.74, 6) is -1.79. The molecule has 1 aromatic rings. The van der Waals surface area contributed by atoms with E-state index in [0.717, 1.165) is 0 Å². The number of phenolic OH excluding ortho intramolecular Hbond substituents is 1. The quantitative estimate of drug-likeness (QED) is 0.619. The molecule has 2 rings (SSSR count). The van der Waals surface area contributed by atoms with Gasteiger partial charge in [0.2, 0.25) is 0 Å². The minimum Gasteiger partial charge on any atom is -0.507 e. The van der Waals surface area contributed by atoms with Crippen LogP contribution in [0.1, 0.15) is 36.2 Å². The Kier molecular flexibility index (Phi) is 6.12. The maximum atomic E-state index is 12.4. The van der Waals surface area contributed by atoms with Gasteiger partial charge in [-0.15, -0.1) is 0 Å². The van der Waals surface area contributed by atoms with Crippen molar-refractivity contribution in [2.45, 2.75) is 38.6 Å². The molecule has 6 nitrogen and oxygen atoms in total. The highest BCUT2D eigenvalue weighted by atomic mass is 16.5. The summed E-state index contributed by atoms with van der Waals surface area (Å²) in [5, 5.41) is 29.8. The van der Waals surface area contributed by atoms with E-state index in [2.05, 4.69) is 0 Å². The second-order valence-corrected chi connectivity index (χ2v) is 6.12.